The van der Waals surface area contributed by atoms with Gasteiger partial charge in [0, 0.05) is 26.4 Å². The quantitative estimate of drug-likeness (QED) is 0.320. The predicted molar refractivity (Wildman–Crippen MR) is 116 cm³/mol. The van der Waals surface area contributed by atoms with Gasteiger partial charge in [0.15, 0.2) is 0 Å². The minimum Gasteiger partial charge on any atom is -0.494 e. The summed E-state index contributed by atoms with van der Waals surface area (Å²) >= 11 is 0. The van der Waals surface area contributed by atoms with E-state index in [1.54, 1.807) is 0 Å². The van der Waals surface area contributed by atoms with E-state index in [9.17, 15) is 9.59 Å². The molecule has 1 rings (SSSR count). The number of aldehydes is 1. The van der Waals surface area contributed by atoms with Gasteiger partial charge in [0.05, 0.1) is 6.61 Å². The number of nitrogens with one attached hydrogen (secondary N) is 1. The van der Waals surface area contributed by atoms with Crippen LogP contribution in [0.1, 0.15) is 52.0 Å². The molecule has 0 saturated heterocycles. The summed E-state index contributed by atoms with van der Waals surface area (Å²) in [6, 6.07) is 7.93. The second-order valence-corrected chi connectivity index (χ2v) is 7.94. The van der Waals surface area contributed by atoms with Crippen molar-refractivity contribution in [1.82, 2.24) is 5.32 Å². The number of unbranched alkanes of at least 4 members (excludes halogenated alkanes) is 2. The SMILES string of the molecule is CC(C)(C)OC(=O)NCCc1cccc(OCCCCCOCCCOCC=O)c1. The molecule has 0 aliphatic carbocycles. The first kappa shape index (κ1) is 25.9. The Balaban J connectivity index is 2.07. The summed E-state index contributed by atoms with van der Waals surface area (Å²) in [4.78, 5) is 21.8. The molecule has 0 radical (unpaired) electrons. The van der Waals surface area contributed by atoms with Crippen LogP contribution in [0.15, 0.2) is 24.3 Å². The van der Waals surface area contributed by atoms with Gasteiger partial charge in [-0.25, -0.2) is 4.79 Å². The highest BCUT2D eigenvalue weighted by Gasteiger charge is 2.15. The van der Waals surface area contributed by atoms with E-state index < -0.39 is 11.7 Å². The molecule has 7 heteroatoms. The number of alkyl carbamates (subject to hydrolysis) is 1. The largest absolute Gasteiger partial charge is 0.494 e. The number of ether oxygens (including phenoxy) is 4. The fraction of sp³-hybridized carbons (Fsp3) is 0.652. The highest BCUT2D eigenvalue weighted by Crippen LogP contribution is 2.14. The Morgan fingerprint density at radius 2 is 1.73 bits per heavy atom. The van der Waals surface area contributed by atoms with Crippen LogP contribution in [0.4, 0.5) is 4.79 Å². The molecule has 1 amide bonds. The van der Waals surface area contributed by atoms with Crippen LogP contribution in [0.3, 0.4) is 0 Å². The molecule has 30 heavy (non-hydrogen) atoms. The molecule has 7 nitrogen and oxygen atoms in total. The molecule has 1 aromatic rings. The van der Waals surface area contributed by atoms with Crippen molar-refractivity contribution in [2.45, 2.75) is 58.5 Å². The summed E-state index contributed by atoms with van der Waals surface area (Å²) in [7, 11) is 0. The molecule has 0 spiro atoms. The average Bonchev–Trinajstić information content (AvgIpc) is 2.68. The van der Waals surface area contributed by atoms with E-state index in [0.29, 0.717) is 32.8 Å². The summed E-state index contributed by atoms with van der Waals surface area (Å²) in [6.45, 7) is 8.81. The van der Waals surface area contributed by atoms with E-state index in [0.717, 1.165) is 49.9 Å². The van der Waals surface area contributed by atoms with Gasteiger partial charge in [-0.2, -0.15) is 0 Å². The monoisotopic (exact) mass is 423 g/mol. The molecule has 170 valence electrons. The van der Waals surface area contributed by atoms with Crippen LogP contribution >= 0.6 is 0 Å². The summed E-state index contributed by atoms with van der Waals surface area (Å²) < 4.78 is 21.6. The molecule has 1 aromatic carbocycles. The molecule has 0 fully saturated rings. The maximum atomic E-state index is 11.7. The van der Waals surface area contributed by atoms with Gasteiger partial charge in [0.2, 0.25) is 0 Å². The van der Waals surface area contributed by atoms with Gasteiger partial charge >= 0.3 is 6.09 Å². The van der Waals surface area contributed by atoms with Crippen molar-refractivity contribution >= 4 is 12.4 Å². The minimum absolute atomic E-state index is 0.159. The van der Waals surface area contributed by atoms with Crippen LogP contribution in [-0.2, 0) is 25.4 Å². The zero-order valence-electron chi connectivity index (χ0n) is 18.6. The summed E-state index contributed by atoms with van der Waals surface area (Å²) in [6.07, 6.45) is 4.88. The molecule has 1 N–H and O–H groups in total. The smallest absolute Gasteiger partial charge is 0.407 e. The average molecular weight is 424 g/mol. The van der Waals surface area contributed by atoms with Gasteiger partial charge in [0.25, 0.3) is 0 Å². The van der Waals surface area contributed by atoms with Crippen molar-refractivity contribution in [3.05, 3.63) is 29.8 Å². The van der Waals surface area contributed by atoms with Crippen LogP contribution in [-0.4, -0.2) is 57.6 Å². The van der Waals surface area contributed by atoms with E-state index in [2.05, 4.69) is 5.32 Å². The van der Waals surface area contributed by atoms with Gasteiger partial charge < -0.3 is 29.1 Å². The first-order valence-electron chi connectivity index (χ1n) is 10.7. The Hall–Kier alpha value is -2.12. The number of carbonyl (C=O) groups excluding carboxylic acids is 2. The topological polar surface area (TPSA) is 83.1 Å². The van der Waals surface area contributed by atoms with E-state index in [1.807, 2.05) is 45.0 Å². The van der Waals surface area contributed by atoms with Crippen molar-refractivity contribution in [3.8, 4) is 5.75 Å². The highest BCUT2D eigenvalue weighted by atomic mass is 16.6. The Morgan fingerprint density at radius 1 is 1.00 bits per heavy atom. The number of rotatable bonds is 16. The third-order valence-electron chi connectivity index (χ3n) is 3.95. The Bertz CT molecular complexity index is 600. The minimum atomic E-state index is -0.489. The zero-order chi connectivity index (χ0) is 22.1. The second kappa shape index (κ2) is 15.7. The first-order chi connectivity index (χ1) is 14.4. The normalized spacial score (nSPS) is 11.2. The van der Waals surface area contributed by atoms with Gasteiger partial charge in [-0.3, -0.25) is 0 Å². The lowest BCUT2D eigenvalue weighted by Crippen LogP contribution is -2.33. The van der Waals surface area contributed by atoms with Gasteiger partial charge in [0.1, 0.15) is 24.2 Å². The van der Waals surface area contributed by atoms with Crippen LogP contribution in [0.25, 0.3) is 0 Å². The van der Waals surface area contributed by atoms with Crippen molar-refractivity contribution < 1.29 is 28.5 Å². The predicted octanol–water partition coefficient (Wildman–Crippen LogP) is 3.93. The van der Waals surface area contributed by atoms with Crippen LogP contribution in [0.5, 0.6) is 5.75 Å². The number of hydrogen-bond donors (Lipinski definition) is 1. The third-order valence-corrected chi connectivity index (χ3v) is 3.95. The van der Waals surface area contributed by atoms with Crippen molar-refractivity contribution in [1.29, 1.82) is 0 Å². The third kappa shape index (κ3) is 14.8. The number of benzene rings is 1. The van der Waals surface area contributed by atoms with Gasteiger partial charge in [-0.05, 0) is 70.6 Å². The lowest BCUT2D eigenvalue weighted by molar-refractivity contribution is -0.112. The zero-order valence-corrected chi connectivity index (χ0v) is 18.6. The summed E-state index contributed by atoms with van der Waals surface area (Å²) in [5, 5.41) is 2.77. The van der Waals surface area contributed by atoms with Crippen LogP contribution in [0.2, 0.25) is 0 Å². The van der Waals surface area contributed by atoms with Crippen LogP contribution in [0, 0.1) is 0 Å². The standard InChI is InChI=1S/C23H37NO6/c1-23(2,3)30-22(26)24-12-11-20-9-7-10-21(19-20)29-17-6-4-5-14-27-15-8-16-28-18-13-25/h7,9-10,13,19H,4-6,8,11-12,14-18H2,1-3H3,(H,24,26). The maximum absolute atomic E-state index is 11.7. The van der Waals surface area contributed by atoms with Gasteiger partial charge in [-0.1, -0.05) is 12.1 Å². The molecule has 0 bridgehead atoms. The summed E-state index contributed by atoms with van der Waals surface area (Å²) in [5.41, 5.74) is 0.616. The highest BCUT2D eigenvalue weighted by molar-refractivity contribution is 5.67. The molecular formula is C23H37NO6. The Kier molecular flexibility index (Phi) is 13.5. The number of hydrogen-bond acceptors (Lipinski definition) is 6. The van der Waals surface area contributed by atoms with Crippen molar-refractivity contribution in [2.75, 3.05) is 39.6 Å². The fourth-order valence-corrected chi connectivity index (χ4v) is 2.58. The number of carbonyl (C=O) groups is 2. The van der Waals surface area contributed by atoms with E-state index >= 15 is 0 Å². The molecule has 0 aliphatic heterocycles. The van der Waals surface area contributed by atoms with Gasteiger partial charge in [-0.15, -0.1) is 0 Å². The van der Waals surface area contributed by atoms with Crippen LogP contribution < -0.4 is 10.1 Å². The molecule has 0 aromatic heterocycles. The number of amides is 1. The molecule has 0 unspecified atom stereocenters. The Morgan fingerprint density at radius 3 is 2.50 bits per heavy atom. The molecule has 0 saturated carbocycles. The van der Waals surface area contributed by atoms with Crippen molar-refractivity contribution in [2.24, 2.45) is 0 Å². The maximum Gasteiger partial charge on any atom is 0.407 e. The molecule has 0 aliphatic rings. The molecule has 0 atom stereocenters. The second-order valence-electron chi connectivity index (χ2n) is 7.94. The van der Waals surface area contributed by atoms with E-state index in [4.69, 9.17) is 18.9 Å². The lowest BCUT2D eigenvalue weighted by atomic mass is 10.1. The molecular weight excluding hydrogens is 386 g/mol. The van der Waals surface area contributed by atoms with E-state index in [1.165, 1.54) is 0 Å². The lowest BCUT2D eigenvalue weighted by Gasteiger charge is -2.19. The van der Waals surface area contributed by atoms with E-state index in [-0.39, 0.29) is 6.61 Å². The summed E-state index contributed by atoms with van der Waals surface area (Å²) in [5.74, 6) is 0.844. The Labute approximate surface area is 180 Å². The molecule has 0 heterocycles. The van der Waals surface area contributed by atoms with Crippen molar-refractivity contribution in [3.63, 3.8) is 0 Å². The first-order valence-corrected chi connectivity index (χ1v) is 10.7. The fourth-order valence-electron chi connectivity index (χ4n) is 2.58.